The maximum Gasteiger partial charge on any atom is 0.148 e. The number of imidazole rings is 1. The molecule has 5 heteroatoms. The van der Waals surface area contributed by atoms with Crippen LogP contribution >= 0.6 is 0 Å². The minimum Gasteiger partial charge on any atom is -0.507 e. The summed E-state index contributed by atoms with van der Waals surface area (Å²) in [6, 6.07) is 65.6. The first-order valence-electron chi connectivity index (χ1n) is 24.4. The third-order valence-corrected chi connectivity index (χ3v) is 12.5. The summed E-state index contributed by atoms with van der Waals surface area (Å²) in [6.07, 6.45) is 1.83. The number of nitrogens with zero attached hydrogens (tertiary/aromatic N) is 3. The minimum absolute atomic E-state index is 0. The number of phenolic OH excluding ortho intramolecular Hbond substituents is 1. The smallest absolute Gasteiger partial charge is 0.148 e. The number of hydrogen-bond donors (Lipinski definition) is 1. The van der Waals surface area contributed by atoms with Crippen molar-refractivity contribution in [1.82, 2.24) is 14.5 Å². The van der Waals surface area contributed by atoms with E-state index in [9.17, 15) is 5.11 Å². The SMILES string of the molecule is [2H]C([2H])([2H])c1cc(-c2ccc(C(C)(C)C)cc2)c(-n2c(-c3ccccc3O)nc3c(-c4[c-]c(-c5cc(-c6ccc(C([2H])(C)C)cc6)ccn5)cc(-c5ccccc5)c4)cccc32)cc1-c1ccccc1.[Pt]. The molecule has 10 aromatic rings. The van der Waals surface area contributed by atoms with Gasteiger partial charge in [0.2, 0.25) is 0 Å². The van der Waals surface area contributed by atoms with Crippen LogP contribution in [-0.2, 0) is 26.5 Å². The van der Waals surface area contributed by atoms with Gasteiger partial charge in [-0.25, -0.2) is 4.98 Å². The van der Waals surface area contributed by atoms with Crippen LogP contribution in [0.15, 0.2) is 194 Å². The Balaban J connectivity index is 0.00000624. The number of benzene rings is 8. The van der Waals surface area contributed by atoms with Gasteiger partial charge < -0.3 is 5.11 Å². The van der Waals surface area contributed by atoms with Crippen LogP contribution in [-0.4, -0.2) is 19.6 Å². The fraction of sp³-hybridized carbons (Fsp3) is 0.129. The molecule has 0 spiro atoms. The Hall–Kier alpha value is -7.13. The second-order valence-corrected chi connectivity index (χ2v) is 18.1. The van der Waals surface area contributed by atoms with Crippen LogP contribution in [0.25, 0.3) is 95.0 Å². The maximum atomic E-state index is 11.7. The molecule has 1 N–H and O–H groups in total. The molecule has 0 aliphatic heterocycles. The number of rotatable bonds is 9. The molecule has 10 rings (SSSR count). The Bertz CT molecular complexity index is 3540. The van der Waals surface area contributed by atoms with Crippen molar-refractivity contribution in [3.63, 3.8) is 0 Å². The van der Waals surface area contributed by atoms with Gasteiger partial charge in [-0.2, -0.15) is 0 Å². The Kier molecular flexibility index (Phi) is 11.2. The number of aromatic nitrogens is 3. The number of phenols is 1. The molecule has 0 atom stereocenters. The molecule has 332 valence electrons. The zero-order chi connectivity index (χ0) is 49.0. The standard InChI is InChI=1S/C62H52N3O.Pt/c1-40(2)42-24-26-44(27-25-42)47-32-33-63-56(38-47)50-36-48(43-16-9-7-10-17-43)35-49(37-50)52-21-15-22-57-60(52)64-61(53-20-13-14-23-59(53)66)65(57)58-39-54(45-18-11-8-12-19-45)41(3)34-55(58)46-28-30-51(31-29-46)62(4,5)6;/h7-36,38-40,66H,1-6H3;/q-1;/i3D3,40D;. The summed E-state index contributed by atoms with van der Waals surface area (Å²) in [7, 11) is 0. The van der Waals surface area contributed by atoms with Crippen LogP contribution < -0.4 is 0 Å². The Morgan fingerprint density at radius 1 is 0.582 bits per heavy atom. The molecule has 8 aromatic carbocycles. The minimum atomic E-state index is -2.44. The average molecular weight is 1050 g/mol. The molecule has 0 aliphatic carbocycles. The Morgan fingerprint density at radius 2 is 1.21 bits per heavy atom. The second kappa shape index (κ2) is 18.6. The van der Waals surface area contributed by atoms with Crippen LogP contribution in [0.4, 0.5) is 0 Å². The van der Waals surface area contributed by atoms with Gasteiger partial charge in [-0.1, -0.05) is 191 Å². The molecular weight excluding hydrogens is 998 g/mol. The summed E-state index contributed by atoms with van der Waals surface area (Å²) in [6.45, 7) is 7.87. The molecule has 0 bridgehead atoms. The molecule has 0 radical (unpaired) electrons. The van der Waals surface area contributed by atoms with E-state index in [-0.39, 0.29) is 37.8 Å². The van der Waals surface area contributed by atoms with Crippen LogP contribution in [0, 0.1) is 12.9 Å². The van der Waals surface area contributed by atoms with Crippen molar-refractivity contribution in [2.45, 2.75) is 52.8 Å². The molecule has 0 aliphatic rings. The summed E-state index contributed by atoms with van der Waals surface area (Å²) in [5.74, 6) is -0.160. The van der Waals surface area contributed by atoms with Crippen molar-refractivity contribution in [2.75, 3.05) is 0 Å². The number of aromatic hydroxyl groups is 1. The van der Waals surface area contributed by atoms with Crippen molar-refractivity contribution in [3.8, 4) is 89.7 Å². The fourth-order valence-corrected chi connectivity index (χ4v) is 8.82. The van der Waals surface area contributed by atoms with Gasteiger partial charge in [0.15, 0.2) is 0 Å². The molecule has 0 saturated carbocycles. The average Bonchev–Trinajstić information content (AvgIpc) is 3.75. The summed E-state index contributed by atoms with van der Waals surface area (Å²) < 4.78 is 37.1. The second-order valence-electron chi connectivity index (χ2n) is 18.1. The molecular formula is C62H52N3OPt-. The predicted molar refractivity (Wildman–Crippen MR) is 275 cm³/mol. The van der Waals surface area contributed by atoms with E-state index in [4.69, 9.17) is 15.5 Å². The van der Waals surface area contributed by atoms with E-state index in [0.717, 1.165) is 72.4 Å². The molecule has 0 saturated heterocycles. The van der Waals surface area contributed by atoms with E-state index in [1.165, 1.54) is 0 Å². The van der Waals surface area contributed by atoms with Crippen molar-refractivity contribution >= 4 is 11.0 Å². The van der Waals surface area contributed by atoms with Gasteiger partial charge in [0.25, 0.3) is 0 Å². The quantitative estimate of drug-likeness (QED) is 0.147. The van der Waals surface area contributed by atoms with Crippen LogP contribution in [0.2, 0.25) is 0 Å². The van der Waals surface area contributed by atoms with Crippen LogP contribution in [0.1, 0.15) is 62.7 Å². The Morgan fingerprint density at radius 3 is 1.90 bits per heavy atom. The number of aryl methyl sites for hydroxylation is 1. The van der Waals surface area contributed by atoms with E-state index < -0.39 is 12.7 Å². The van der Waals surface area contributed by atoms with E-state index in [2.05, 4.69) is 104 Å². The number of hydrogen-bond acceptors (Lipinski definition) is 3. The van der Waals surface area contributed by atoms with E-state index in [0.29, 0.717) is 33.7 Å². The summed E-state index contributed by atoms with van der Waals surface area (Å²) in [5, 5.41) is 11.7. The van der Waals surface area contributed by atoms with Gasteiger partial charge in [-0.3, -0.25) is 9.55 Å². The molecule has 0 unspecified atom stereocenters. The monoisotopic (exact) mass is 1050 g/mol. The first-order valence-corrected chi connectivity index (χ1v) is 22.4. The number of pyridine rings is 1. The molecule has 4 nitrogen and oxygen atoms in total. The largest absolute Gasteiger partial charge is 0.507 e. The summed E-state index contributed by atoms with van der Waals surface area (Å²) in [4.78, 5) is 10.4. The van der Waals surface area contributed by atoms with E-state index in [1.54, 1.807) is 12.1 Å². The first kappa shape index (κ1) is 40.2. The predicted octanol–water partition coefficient (Wildman–Crippen LogP) is 16.3. The van der Waals surface area contributed by atoms with E-state index >= 15 is 0 Å². The van der Waals surface area contributed by atoms with Gasteiger partial charge in [0.1, 0.15) is 11.6 Å². The number of para-hydroxylation sites is 2. The van der Waals surface area contributed by atoms with E-state index in [1.807, 2.05) is 123 Å². The third-order valence-electron chi connectivity index (χ3n) is 12.5. The van der Waals surface area contributed by atoms with Crippen molar-refractivity contribution in [3.05, 3.63) is 217 Å². The topological polar surface area (TPSA) is 50.9 Å². The van der Waals surface area contributed by atoms with Gasteiger partial charge in [-0.05, 0) is 105 Å². The summed E-state index contributed by atoms with van der Waals surface area (Å²) in [5.41, 5.74) is 14.9. The molecule has 67 heavy (non-hydrogen) atoms. The Labute approximate surface area is 414 Å². The van der Waals surface area contributed by atoms with Crippen molar-refractivity contribution in [2.24, 2.45) is 0 Å². The molecule has 2 heterocycles. The zero-order valence-corrected chi connectivity index (χ0v) is 40.4. The molecule has 0 fully saturated rings. The van der Waals surface area contributed by atoms with Gasteiger partial charge >= 0.3 is 0 Å². The fourth-order valence-electron chi connectivity index (χ4n) is 8.82. The van der Waals surface area contributed by atoms with Crippen molar-refractivity contribution < 1.29 is 31.7 Å². The van der Waals surface area contributed by atoms with Gasteiger partial charge in [0, 0.05) is 44.0 Å². The zero-order valence-electron chi connectivity index (χ0n) is 42.1. The first-order chi connectivity index (χ1) is 33.5. The summed E-state index contributed by atoms with van der Waals surface area (Å²) >= 11 is 0. The van der Waals surface area contributed by atoms with Crippen LogP contribution in [0.5, 0.6) is 5.75 Å². The van der Waals surface area contributed by atoms with Gasteiger partial charge in [0.05, 0.1) is 22.3 Å². The molecule has 0 amide bonds. The van der Waals surface area contributed by atoms with Crippen molar-refractivity contribution in [1.29, 1.82) is 0 Å². The maximum absolute atomic E-state index is 11.7. The van der Waals surface area contributed by atoms with Gasteiger partial charge in [-0.15, -0.1) is 23.8 Å². The molecule has 2 aromatic heterocycles. The third kappa shape index (κ3) is 8.95. The van der Waals surface area contributed by atoms with Crippen LogP contribution in [0.3, 0.4) is 0 Å². The number of fused-ring (bicyclic) bond motifs is 1. The normalized spacial score (nSPS) is 12.7.